The molecule has 2 N–H and O–H groups in total. The number of rotatable bonds is 3. The van der Waals surface area contributed by atoms with Gasteiger partial charge in [-0.25, -0.2) is 4.98 Å². The molecule has 2 rings (SSSR count). The number of nitrogens with zero attached hydrogens (tertiary/aromatic N) is 1. The summed E-state index contributed by atoms with van der Waals surface area (Å²) in [6, 6.07) is 11.8. The Morgan fingerprint density at radius 1 is 1.31 bits per heavy atom. The fraction of sp³-hybridized carbons (Fsp3) is 0.167. The molecule has 0 saturated heterocycles. The van der Waals surface area contributed by atoms with E-state index >= 15 is 0 Å². The number of methoxy groups -OCH3 is 1. The van der Waals surface area contributed by atoms with Crippen LogP contribution >= 0.6 is 12.2 Å². The summed E-state index contributed by atoms with van der Waals surface area (Å²) in [5.74, 6) is 0. The third-order valence-corrected chi connectivity index (χ3v) is 2.60. The first-order chi connectivity index (χ1) is 7.72. The Morgan fingerprint density at radius 2 is 2.06 bits per heavy atom. The van der Waals surface area contributed by atoms with Gasteiger partial charge in [-0.15, -0.1) is 0 Å². The molecule has 1 atom stereocenters. The van der Waals surface area contributed by atoms with Gasteiger partial charge in [0.15, 0.2) is 0 Å². The minimum atomic E-state index is -0.417. The number of thiocarbonyl (C=S) groups is 1. The maximum absolute atomic E-state index is 5.59. The molecule has 0 spiro atoms. The summed E-state index contributed by atoms with van der Waals surface area (Å²) in [5.41, 5.74) is 7.25. The molecule has 82 valence electrons. The fourth-order valence-corrected chi connectivity index (χ4v) is 1.83. The van der Waals surface area contributed by atoms with E-state index in [2.05, 4.69) is 4.98 Å². The molecule has 2 aromatic rings. The van der Waals surface area contributed by atoms with E-state index in [1.165, 1.54) is 0 Å². The van der Waals surface area contributed by atoms with Gasteiger partial charge in [0.1, 0.15) is 11.1 Å². The third kappa shape index (κ3) is 2.03. The van der Waals surface area contributed by atoms with Gasteiger partial charge in [0.05, 0.1) is 11.2 Å². The average Bonchev–Trinajstić information content (AvgIpc) is 2.29. The Balaban J connectivity index is 2.49. The van der Waals surface area contributed by atoms with Crippen LogP contribution in [0.5, 0.6) is 0 Å². The minimum Gasteiger partial charge on any atom is -0.391 e. The zero-order valence-corrected chi connectivity index (χ0v) is 9.70. The van der Waals surface area contributed by atoms with Crippen LogP contribution in [0.15, 0.2) is 36.4 Å². The smallest absolute Gasteiger partial charge is 0.149 e. The standard InChI is InChI=1S/C12H12N2OS/c1-15-11(12(13)16)10-7-6-8-4-2-3-5-9(8)14-10/h2-7,11H,1H3,(H2,13,16). The van der Waals surface area contributed by atoms with Crippen LogP contribution in [0.3, 0.4) is 0 Å². The van der Waals surface area contributed by atoms with Gasteiger partial charge in [0, 0.05) is 12.5 Å². The van der Waals surface area contributed by atoms with Crippen molar-refractivity contribution in [2.75, 3.05) is 7.11 Å². The van der Waals surface area contributed by atoms with E-state index < -0.39 is 6.10 Å². The molecule has 0 aliphatic rings. The molecular formula is C12H12N2OS. The Labute approximate surface area is 99.2 Å². The molecule has 0 fully saturated rings. The Morgan fingerprint density at radius 3 is 2.75 bits per heavy atom. The normalized spacial score (nSPS) is 12.6. The molecule has 0 amide bonds. The molecule has 0 saturated carbocycles. The quantitative estimate of drug-likeness (QED) is 0.824. The molecule has 1 heterocycles. The largest absolute Gasteiger partial charge is 0.391 e. The van der Waals surface area contributed by atoms with Crippen LogP contribution in [0, 0.1) is 0 Å². The Bertz CT molecular complexity index is 527. The molecule has 0 aliphatic heterocycles. The number of fused-ring (bicyclic) bond motifs is 1. The second-order valence-electron chi connectivity index (χ2n) is 3.45. The van der Waals surface area contributed by atoms with E-state index in [-0.39, 0.29) is 0 Å². The van der Waals surface area contributed by atoms with Crippen molar-refractivity contribution in [1.82, 2.24) is 4.98 Å². The van der Waals surface area contributed by atoms with Crippen molar-refractivity contribution in [3.05, 3.63) is 42.1 Å². The Hall–Kier alpha value is -1.52. The molecule has 0 bridgehead atoms. The second-order valence-corrected chi connectivity index (χ2v) is 3.92. The lowest BCUT2D eigenvalue weighted by atomic mass is 10.1. The van der Waals surface area contributed by atoms with E-state index in [0.29, 0.717) is 4.99 Å². The first kappa shape index (κ1) is 11.0. The number of hydrogen-bond acceptors (Lipinski definition) is 3. The van der Waals surface area contributed by atoms with Crippen LogP contribution in [0.4, 0.5) is 0 Å². The van der Waals surface area contributed by atoms with Crippen LogP contribution in [-0.2, 0) is 4.74 Å². The van der Waals surface area contributed by atoms with Crippen LogP contribution in [0.25, 0.3) is 10.9 Å². The molecule has 1 unspecified atom stereocenters. The monoisotopic (exact) mass is 232 g/mol. The van der Waals surface area contributed by atoms with Gasteiger partial charge in [-0.05, 0) is 12.1 Å². The number of para-hydroxylation sites is 1. The number of nitrogens with two attached hydrogens (primary N) is 1. The zero-order chi connectivity index (χ0) is 11.5. The summed E-state index contributed by atoms with van der Waals surface area (Å²) in [5, 5.41) is 1.09. The summed E-state index contributed by atoms with van der Waals surface area (Å²) in [6.07, 6.45) is -0.417. The Kier molecular flexibility index (Phi) is 3.12. The summed E-state index contributed by atoms with van der Waals surface area (Å²) >= 11 is 4.93. The highest BCUT2D eigenvalue weighted by Crippen LogP contribution is 2.18. The predicted octanol–water partition coefficient (Wildman–Crippen LogP) is 2.21. The van der Waals surface area contributed by atoms with Crippen LogP contribution < -0.4 is 5.73 Å². The van der Waals surface area contributed by atoms with Crippen molar-refractivity contribution in [3.8, 4) is 0 Å². The molecule has 1 aromatic heterocycles. The highest BCUT2D eigenvalue weighted by Gasteiger charge is 2.15. The summed E-state index contributed by atoms with van der Waals surface area (Å²) in [6.45, 7) is 0. The molecule has 0 aliphatic carbocycles. The topological polar surface area (TPSA) is 48.1 Å². The van der Waals surface area contributed by atoms with Crippen molar-refractivity contribution in [2.24, 2.45) is 5.73 Å². The van der Waals surface area contributed by atoms with Crippen molar-refractivity contribution in [2.45, 2.75) is 6.10 Å². The maximum Gasteiger partial charge on any atom is 0.149 e. The fourth-order valence-electron chi connectivity index (χ4n) is 1.61. The summed E-state index contributed by atoms with van der Waals surface area (Å²) in [4.78, 5) is 4.77. The molecule has 4 heteroatoms. The van der Waals surface area contributed by atoms with Gasteiger partial charge < -0.3 is 10.5 Å². The highest BCUT2D eigenvalue weighted by atomic mass is 32.1. The number of ether oxygens (including phenoxy) is 1. The van der Waals surface area contributed by atoms with E-state index in [1.54, 1.807) is 7.11 Å². The lowest BCUT2D eigenvalue weighted by Crippen LogP contribution is -2.21. The van der Waals surface area contributed by atoms with E-state index in [4.69, 9.17) is 22.7 Å². The van der Waals surface area contributed by atoms with Gasteiger partial charge >= 0.3 is 0 Å². The first-order valence-corrected chi connectivity index (χ1v) is 5.31. The zero-order valence-electron chi connectivity index (χ0n) is 8.88. The SMILES string of the molecule is COC(C(N)=S)c1ccc2ccccc2n1. The van der Waals surface area contributed by atoms with E-state index in [9.17, 15) is 0 Å². The van der Waals surface area contributed by atoms with Crippen molar-refractivity contribution >= 4 is 28.1 Å². The van der Waals surface area contributed by atoms with Crippen LogP contribution in [0.2, 0.25) is 0 Å². The van der Waals surface area contributed by atoms with Crippen LogP contribution in [-0.4, -0.2) is 17.1 Å². The van der Waals surface area contributed by atoms with Crippen molar-refractivity contribution in [1.29, 1.82) is 0 Å². The predicted molar refractivity (Wildman–Crippen MR) is 68.3 cm³/mol. The number of aromatic nitrogens is 1. The van der Waals surface area contributed by atoms with Gasteiger partial charge in [-0.2, -0.15) is 0 Å². The lowest BCUT2D eigenvalue weighted by molar-refractivity contribution is 0.155. The third-order valence-electron chi connectivity index (χ3n) is 2.38. The molecule has 1 aromatic carbocycles. The first-order valence-electron chi connectivity index (χ1n) is 4.90. The van der Waals surface area contributed by atoms with Gasteiger partial charge in [0.25, 0.3) is 0 Å². The van der Waals surface area contributed by atoms with Crippen molar-refractivity contribution < 1.29 is 4.74 Å². The highest BCUT2D eigenvalue weighted by molar-refractivity contribution is 7.80. The number of pyridine rings is 1. The van der Waals surface area contributed by atoms with Crippen LogP contribution in [0.1, 0.15) is 11.8 Å². The average molecular weight is 232 g/mol. The van der Waals surface area contributed by atoms with Crippen molar-refractivity contribution in [3.63, 3.8) is 0 Å². The van der Waals surface area contributed by atoms with E-state index in [1.807, 2.05) is 36.4 Å². The number of hydrogen-bond donors (Lipinski definition) is 1. The number of benzene rings is 1. The van der Waals surface area contributed by atoms with E-state index in [0.717, 1.165) is 16.6 Å². The maximum atomic E-state index is 5.59. The minimum absolute atomic E-state index is 0.297. The molecule has 0 radical (unpaired) electrons. The molecule has 16 heavy (non-hydrogen) atoms. The summed E-state index contributed by atoms with van der Waals surface area (Å²) in [7, 11) is 1.57. The summed E-state index contributed by atoms with van der Waals surface area (Å²) < 4.78 is 5.22. The molecular weight excluding hydrogens is 220 g/mol. The molecule has 3 nitrogen and oxygen atoms in total. The van der Waals surface area contributed by atoms with Gasteiger partial charge in [0.2, 0.25) is 0 Å². The second kappa shape index (κ2) is 4.55. The lowest BCUT2D eigenvalue weighted by Gasteiger charge is -2.13. The van der Waals surface area contributed by atoms with Gasteiger partial charge in [-0.3, -0.25) is 0 Å². The van der Waals surface area contributed by atoms with Gasteiger partial charge in [-0.1, -0.05) is 36.5 Å².